The van der Waals surface area contributed by atoms with E-state index in [1.54, 1.807) is 12.5 Å². The van der Waals surface area contributed by atoms with Crippen molar-refractivity contribution in [2.75, 3.05) is 6.61 Å². The topological polar surface area (TPSA) is 53.1 Å². The smallest absolute Gasteiger partial charge is 0.125 e. The van der Waals surface area contributed by atoms with E-state index in [-0.39, 0.29) is 0 Å². The van der Waals surface area contributed by atoms with Crippen molar-refractivity contribution in [2.45, 2.75) is 26.9 Å². The SMILES string of the molecule is Cc1cc(CN)cc(C)c1OCCn1ccnc1. The van der Waals surface area contributed by atoms with Crippen LogP contribution in [0.15, 0.2) is 30.9 Å². The van der Waals surface area contributed by atoms with Crippen LogP contribution in [0.5, 0.6) is 5.75 Å². The Hall–Kier alpha value is -1.81. The molecule has 4 heteroatoms. The minimum absolute atomic E-state index is 0.566. The number of ether oxygens (including phenoxy) is 1. The lowest BCUT2D eigenvalue weighted by molar-refractivity contribution is 0.294. The third-order valence-corrected chi connectivity index (χ3v) is 2.91. The number of benzene rings is 1. The summed E-state index contributed by atoms with van der Waals surface area (Å²) in [6.07, 6.45) is 5.49. The summed E-state index contributed by atoms with van der Waals surface area (Å²) in [5.41, 5.74) is 9.08. The fraction of sp³-hybridized carbons (Fsp3) is 0.357. The number of rotatable bonds is 5. The van der Waals surface area contributed by atoms with Gasteiger partial charge in [0.05, 0.1) is 12.9 Å². The van der Waals surface area contributed by atoms with Crippen LogP contribution in [0.3, 0.4) is 0 Å². The maximum atomic E-state index is 5.85. The van der Waals surface area contributed by atoms with Gasteiger partial charge in [-0.3, -0.25) is 0 Å². The molecule has 0 aliphatic carbocycles. The molecule has 4 nitrogen and oxygen atoms in total. The Bertz CT molecular complexity index is 483. The number of hydrogen-bond donors (Lipinski definition) is 1. The van der Waals surface area contributed by atoms with E-state index in [9.17, 15) is 0 Å². The van der Waals surface area contributed by atoms with Gasteiger partial charge in [0.15, 0.2) is 0 Å². The van der Waals surface area contributed by atoms with Gasteiger partial charge in [-0.2, -0.15) is 0 Å². The predicted octanol–water partition coefficient (Wildman–Crippen LogP) is 2.04. The molecule has 0 aliphatic rings. The molecule has 0 unspecified atom stereocenters. The van der Waals surface area contributed by atoms with Crippen LogP contribution in [-0.4, -0.2) is 16.2 Å². The first kappa shape index (κ1) is 12.6. The molecule has 0 amide bonds. The van der Waals surface area contributed by atoms with Crippen molar-refractivity contribution in [3.63, 3.8) is 0 Å². The van der Waals surface area contributed by atoms with Gasteiger partial charge in [0.1, 0.15) is 12.4 Å². The fourth-order valence-electron chi connectivity index (χ4n) is 2.06. The lowest BCUT2D eigenvalue weighted by atomic mass is 10.1. The van der Waals surface area contributed by atoms with Crippen LogP contribution >= 0.6 is 0 Å². The van der Waals surface area contributed by atoms with Gasteiger partial charge < -0.3 is 15.0 Å². The summed E-state index contributed by atoms with van der Waals surface area (Å²) in [7, 11) is 0. The number of nitrogens with two attached hydrogens (primary N) is 1. The maximum Gasteiger partial charge on any atom is 0.125 e. The van der Waals surface area contributed by atoms with Crippen molar-refractivity contribution < 1.29 is 4.74 Å². The molecule has 0 saturated heterocycles. The number of hydrogen-bond acceptors (Lipinski definition) is 3. The molecule has 0 atom stereocenters. The standard InChI is InChI=1S/C14H19N3O/c1-11-7-13(9-15)8-12(2)14(11)18-6-5-17-4-3-16-10-17/h3-4,7-8,10H,5-6,9,15H2,1-2H3. The Balaban J connectivity index is 2.01. The summed E-state index contributed by atoms with van der Waals surface area (Å²) in [5, 5.41) is 0. The second-order valence-electron chi connectivity index (χ2n) is 4.41. The zero-order valence-electron chi connectivity index (χ0n) is 10.9. The quantitative estimate of drug-likeness (QED) is 0.877. The average molecular weight is 245 g/mol. The molecular weight excluding hydrogens is 226 g/mol. The van der Waals surface area contributed by atoms with Crippen molar-refractivity contribution >= 4 is 0 Å². The van der Waals surface area contributed by atoms with Gasteiger partial charge >= 0.3 is 0 Å². The van der Waals surface area contributed by atoms with E-state index in [1.165, 1.54) is 0 Å². The second-order valence-corrected chi connectivity index (χ2v) is 4.41. The van der Waals surface area contributed by atoms with Gasteiger partial charge in [0.2, 0.25) is 0 Å². The molecule has 1 aromatic carbocycles. The minimum atomic E-state index is 0.566. The van der Waals surface area contributed by atoms with Gasteiger partial charge in [0.25, 0.3) is 0 Å². The lowest BCUT2D eigenvalue weighted by Gasteiger charge is -2.13. The average Bonchev–Trinajstić information content (AvgIpc) is 2.85. The summed E-state index contributed by atoms with van der Waals surface area (Å²) in [6, 6.07) is 4.17. The maximum absolute atomic E-state index is 5.85. The van der Waals surface area contributed by atoms with Gasteiger partial charge in [0, 0.05) is 18.9 Å². The van der Waals surface area contributed by atoms with Crippen molar-refractivity contribution in [1.82, 2.24) is 9.55 Å². The van der Waals surface area contributed by atoms with E-state index < -0.39 is 0 Å². The lowest BCUT2D eigenvalue weighted by Crippen LogP contribution is -2.08. The highest BCUT2D eigenvalue weighted by molar-refractivity contribution is 5.43. The molecule has 2 aromatic rings. The summed E-state index contributed by atoms with van der Waals surface area (Å²) < 4.78 is 7.85. The molecule has 96 valence electrons. The van der Waals surface area contributed by atoms with Crippen molar-refractivity contribution in [1.29, 1.82) is 0 Å². The number of aryl methyl sites for hydroxylation is 2. The fourth-order valence-corrected chi connectivity index (χ4v) is 2.06. The highest BCUT2D eigenvalue weighted by Gasteiger charge is 2.05. The molecule has 0 aliphatic heterocycles. The molecule has 1 heterocycles. The van der Waals surface area contributed by atoms with Gasteiger partial charge in [-0.15, -0.1) is 0 Å². The third-order valence-electron chi connectivity index (χ3n) is 2.91. The van der Waals surface area contributed by atoms with E-state index >= 15 is 0 Å². The Morgan fingerprint density at radius 2 is 2.00 bits per heavy atom. The third kappa shape index (κ3) is 2.90. The molecule has 0 saturated carbocycles. The molecule has 0 radical (unpaired) electrons. The summed E-state index contributed by atoms with van der Waals surface area (Å²) >= 11 is 0. The zero-order chi connectivity index (χ0) is 13.0. The van der Waals surface area contributed by atoms with Crippen LogP contribution in [0.4, 0.5) is 0 Å². The molecule has 2 N–H and O–H groups in total. The van der Waals surface area contributed by atoms with Crippen LogP contribution in [0.2, 0.25) is 0 Å². The number of aromatic nitrogens is 2. The summed E-state index contributed by atoms with van der Waals surface area (Å²) in [5.74, 6) is 0.965. The van der Waals surface area contributed by atoms with Gasteiger partial charge in [-0.1, -0.05) is 12.1 Å². The van der Waals surface area contributed by atoms with Crippen molar-refractivity contribution in [3.8, 4) is 5.75 Å². The van der Waals surface area contributed by atoms with Crippen LogP contribution in [0, 0.1) is 13.8 Å². The largest absolute Gasteiger partial charge is 0.491 e. The molecule has 18 heavy (non-hydrogen) atoms. The summed E-state index contributed by atoms with van der Waals surface area (Å²) in [4.78, 5) is 4.00. The van der Waals surface area contributed by atoms with Gasteiger partial charge in [-0.25, -0.2) is 4.98 Å². The summed E-state index contributed by atoms with van der Waals surface area (Å²) in [6.45, 7) is 6.12. The number of nitrogens with zero attached hydrogens (tertiary/aromatic N) is 2. The first-order chi connectivity index (χ1) is 8.70. The Labute approximate surface area is 107 Å². The van der Waals surface area contributed by atoms with E-state index in [0.29, 0.717) is 13.2 Å². The Morgan fingerprint density at radius 1 is 1.28 bits per heavy atom. The van der Waals surface area contributed by atoms with E-state index in [0.717, 1.165) is 29.0 Å². The molecule has 0 bridgehead atoms. The number of imidazole rings is 1. The van der Waals surface area contributed by atoms with E-state index in [4.69, 9.17) is 10.5 Å². The highest BCUT2D eigenvalue weighted by atomic mass is 16.5. The predicted molar refractivity (Wildman–Crippen MR) is 71.5 cm³/mol. The Kier molecular flexibility index (Phi) is 3.99. The molecule has 0 spiro atoms. The first-order valence-corrected chi connectivity index (χ1v) is 6.09. The molecule has 1 aromatic heterocycles. The monoisotopic (exact) mass is 245 g/mol. The second kappa shape index (κ2) is 5.69. The highest BCUT2D eigenvalue weighted by Crippen LogP contribution is 2.24. The molecular formula is C14H19N3O. The Morgan fingerprint density at radius 3 is 2.56 bits per heavy atom. The molecule has 2 rings (SSSR count). The normalized spacial score (nSPS) is 10.6. The van der Waals surface area contributed by atoms with Crippen LogP contribution < -0.4 is 10.5 Å². The molecule has 0 fully saturated rings. The van der Waals surface area contributed by atoms with Crippen molar-refractivity contribution in [3.05, 3.63) is 47.5 Å². The minimum Gasteiger partial charge on any atom is -0.491 e. The van der Waals surface area contributed by atoms with Crippen molar-refractivity contribution in [2.24, 2.45) is 5.73 Å². The van der Waals surface area contributed by atoms with E-state index in [2.05, 4.69) is 31.0 Å². The van der Waals surface area contributed by atoms with Crippen LogP contribution in [-0.2, 0) is 13.1 Å². The first-order valence-electron chi connectivity index (χ1n) is 6.09. The zero-order valence-corrected chi connectivity index (χ0v) is 10.9. The van der Waals surface area contributed by atoms with Crippen LogP contribution in [0.25, 0.3) is 0 Å². The van der Waals surface area contributed by atoms with Crippen LogP contribution in [0.1, 0.15) is 16.7 Å². The van der Waals surface area contributed by atoms with Gasteiger partial charge in [-0.05, 0) is 30.5 Å². The van der Waals surface area contributed by atoms with E-state index in [1.807, 2.05) is 10.8 Å².